The second-order valence-corrected chi connectivity index (χ2v) is 11.1. The van der Waals surface area contributed by atoms with Crippen LogP contribution in [-0.2, 0) is 10.0 Å². The highest BCUT2D eigenvalue weighted by atomic mass is 32.2. The maximum Gasteiger partial charge on any atom is 0.243 e. The lowest BCUT2D eigenvalue weighted by Gasteiger charge is -2.58. The quantitative estimate of drug-likeness (QED) is 0.816. The number of hydrogen-bond acceptors (Lipinski definition) is 3. The number of aryl methyl sites for hydroxylation is 1. The molecular formula is C21H30N2O2S. The van der Waals surface area contributed by atoms with Gasteiger partial charge in [0.05, 0.1) is 4.90 Å². The van der Waals surface area contributed by atoms with Crippen molar-refractivity contribution in [1.82, 2.24) is 9.21 Å². The van der Waals surface area contributed by atoms with Gasteiger partial charge in [0, 0.05) is 32.2 Å². The summed E-state index contributed by atoms with van der Waals surface area (Å²) >= 11 is 0. The van der Waals surface area contributed by atoms with Crippen LogP contribution in [0, 0.1) is 30.6 Å². The fraction of sp³-hybridized carbons (Fsp3) is 0.714. The van der Waals surface area contributed by atoms with E-state index in [2.05, 4.69) is 4.90 Å². The van der Waals surface area contributed by atoms with Crippen LogP contribution in [0.1, 0.15) is 37.7 Å². The number of sulfonamides is 1. The second kappa shape index (κ2) is 6.32. The lowest BCUT2D eigenvalue weighted by Crippen LogP contribution is -2.60. The molecule has 1 heterocycles. The van der Waals surface area contributed by atoms with Gasteiger partial charge in [0.1, 0.15) is 0 Å². The van der Waals surface area contributed by atoms with Gasteiger partial charge in [0.25, 0.3) is 0 Å². The smallest absolute Gasteiger partial charge is 0.243 e. The first kappa shape index (κ1) is 17.2. The molecule has 4 nitrogen and oxygen atoms in total. The zero-order chi connectivity index (χ0) is 17.9. The summed E-state index contributed by atoms with van der Waals surface area (Å²) in [5, 5.41) is 0. The van der Waals surface area contributed by atoms with Gasteiger partial charge in [-0.05, 0) is 74.8 Å². The number of nitrogens with zero attached hydrogens (tertiary/aromatic N) is 2. The molecule has 1 saturated heterocycles. The average Bonchev–Trinajstić information content (AvgIpc) is 2.62. The Labute approximate surface area is 157 Å². The van der Waals surface area contributed by atoms with E-state index in [9.17, 15) is 8.42 Å². The largest absolute Gasteiger partial charge is 0.297 e. The molecule has 4 bridgehead atoms. The van der Waals surface area contributed by atoms with Crippen LogP contribution in [0.3, 0.4) is 0 Å². The van der Waals surface area contributed by atoms with E-state index in [0.29, 0.717) is 18.0 Å². The van der Waals surface area contributed by atoms with Crippen LogP contribution >= 0.6 is 0 Å². The fourth-order valence-corrected chi connectivity index (χ4v) is 8.02. The van der Waals surface area contributed by atoms with Crippen LogP contribution < -0.4 is 0 Å². The molecule has 0 atom stereocenters. The Kier molecular flexibility index (Phi) is 4.18. The SMILES string of the molecule is Cc1ccc(S(=O)(=O)N2CCN(C3C4CC5CC(C4)CC3C5)CC2)cc1. The van der Waals surface area contributed by atoms with E-state index in [-0.39, 0.29) is 0 Å². The lowest BCUT2D eigenvalue weighted by molar-refractivity contribution is -0.0720. The third-order valence-electron chi connectivity index (χ3n) is 7.53. The maximum atomic E-state index is 12.9. The van der Waals surface area contributed by atoms with Crippen molar-refractivity contribution in [2.24, 2.45) is 23.7 Å². The molecule has 0 spiro atoms. The van der Waals surface area contributed by atoms with Crippen molar-refractivity contribution in [3.05, 3.63) is 29.8 Å². The number of hydrogen-bond donors (Lipinski definition) is 0. The molecule has 1 aliphatic heterocycles. The molecular weight excluding hydrogens is 344 g/mol. The second-order valence-electron chi connectivity index (χ2n) is 9.17. The molecule has 0 unspecified atom stereocenters. The first-order valence-corrected chi connectivity index (χ1v) is 11.8. The molecule has 5 fully saturated rings. The fourth-order valence-electron chi connectivity index (χ4n) is 6.59. The first-order valence-electron chi connectivity index (χ1n) is 10.3. The summed E-state index contributed by atoms with van der Waals surface area (Å²) in [6.07, 6.45) is 7.21. The normalized spacial score (nSPS) is 38.0. The Balaban J connectivity index is 1.27. The van der Waals surface area contributed by atoms with Crippen molar-refractivity contribution in [2.45, 2.75) is 50.0 Å². The van der Waals surface area contributed by atoms with E-state index in [1.54, 1.807) is 16.4 Å². The molecule has 5 heteroatoms. The van der Waals surface area contributed by atoms with Crippen LogP contribution in [0.4, 0.5) is 0 Å². The number of benzene rings is 1. The van der Waals surface area contributed by atoms with Gasteiger partial charge in [0.2, 0.25) is 10.0 Å². The molecule has 4 aliphatic carbocycles. The van der Waals surface area contributed by atoms with E-state index in [0.717, 1.165) is 48.4 Å². The summed E-state index contributed by atoms with van der Waals surface area (Å²) in [4.78, 5) is 3.08. The van der Waals surface area contributed by atoms with E-state index in [1.807, 2.05) is 19.1 Å². The van der Waals surface area contributed by atoms with E-state index in [4.69, 9.17) is 0 Å². The van der Waals surface area contributed by atoms with E-state index >= 15 is 0 Å². The predicted molar refractivity (Wildman–Crippen MR) is 102 cm³/mol. The zero-order valence-corrected chi connectivity index (χ0v) is 16.5. The van der Waals surface area contributed by atoms with Gasteiger partial charge in [-0.3, -0.25) is 4.90 Å². The van der Waals surface area contributed by atoms with Crippen molar-refractivity contribution < 1.29 is 8.42 Å². The van der Waals surface area contributed by atoms with Gasteiger partial charge >= 0.3 is 0 Å². The molecule has 0 radical (unpaired) electrons. The highest BCUT2D eigenvalue weighted by molar-refractivity contribution is 7.89. The zero-order valence-electron chi connectivity index (χ0n) is 15.7. The van der Waals surface area contributed by atoms with Gasteiger partial charge in [-0.1, -0.05) is 17.7 Å². The Morgan fingerprint density at radius 3 is 1.88 bits per heavy atom. The van der Waals surface area contributed by atoms with Gasteiger partial charge in [-0.25, -0.2) is 8.42 Å². The Morgan fingerprint density at radius 2 is 1.35 bits per heavy atom. The minimum atomic E-state index is -3.35. The van der Waals surface area contributed by atoms with E-state index in [1.165, 1.54) is 32.1 Å². The minimum absolute atomic E-state index is 0.436. The highest BCUT2D eigenvalue weighted by Gasteiger charge is 2.50. The summed E-state index contributed by atoms with van der Waals surface area (Å²) in [5.41, 5.74) is 1.09. The minimum Gasteiger partial charge on any atom is -0.297 e. The lowest BCUT2D eigenvalue weighted by atomic mass is 9.54. The monoisotopic (exact) mass is 374 g/mol. The summed E-state index contributed by atoms with van der Waals surface area (Å²) in [7, 11) is -3.35. The predicted octanol–water partition coefficient (Wildman–Crippen LogP) is 3.13. The van der Waals surface area contributed by atoms with Crippen LogP contribution in [0.15, 0.2) is 29.2 Å². The summed E-state index contributed by atoms with van der Waals surface area (Å²) in [5.74, 6) is 3.76. The molecule has 0 amide bonds. The molecule has 26 heavy (non-hydrogen) atoms. The van der Waals surface area contributed by atoms with E-state index < -0.39 is 10.0 Å². The topological polar surface area (TPSA) is 40.6 Å². The standard InChI is InChI=1S/C21H30N2O2S/c1-15-2-4-20(5-3-15)26(24,25)23-8-6-22(7-9-23)21-18-11-16-10-17(13-18)14-19(21)12-16/h2-5,16-19,21H,6-14H2,1H3. The summed E-state index contributed by atoms with van der Waals surface area (Å²) in [6, 6.07) is 7.99. The highest BCUT2D eigenvalue weighted by Crippen LogP contribution is 2.55. The molecule has 142 valence electrons. The Morgan fingerprint density at radius 1 is 0.808 bits per heavy atom. The Hall–Kier alpha value is -0.910. The van der Waals surface area contributed by atoms with Gasteiger partial charge in [0.15, 0.2) is 0 Å². The van der Waals surface area contributed by atoms with Crippen molar-refractivity contribution in [2.75, 3.05) is 26.2 Å². The van der Waals surface area contributed by atoms with Gasteiger partial charge in [-0.2, -0.15) is 4.31 Å². The van der Waals surface area contributed by atoms with Crippen LogP contribution in [-0.4, -0.2) is 49.8 Å². The number of rotatable bonds is 3. The van der Waals surface area contributed by atoms with Crippen molar-refractivity contribution >= 4 is 10.0 Å². The molecule has 1 aromatic rings. The average molecular weight is 375 g/mol. The molecule has 0 aromatic heterocycles. The molecule has 1 aromatic carbocycles. The maximum absolute atomic E-state index is 12.9. The number of piperazine rings is 1. The third kappa shape index (κ3) is 2.83. The molecule has 4 saturated carbocycles. The van der Waals surface area contributed by atoms with Crippen molar-refractivity contribution in [3.8, 4) is 0 Å². The Bertz CT molecular complexity index is 738. The molecule has 6 rings (SSSR count). The van der Waals surface area contributed by atoms with Crippen LogP contribution in [0.2, 0.25) is 0 Å². The molecule has 5 aliphatic rings. The van der Waals surface area contributed by atoms with Crippen LogP contribution in [0.25, 0.3) is 0 Å². The third-order valence-corrected chi connectivity index (χ3v) is 9.44. The molecule has 0 N–H and O–H groups in total. The van der Waals surface area contributed by atoms with Gasteiger partial charge < -0.3 is 0 Å². The van der Waals surface area contributed by atoms with Crippen LogP contribution in [0.5, 0.6) is 0 Å². The van der Waals surface area contributed by atoms with Gasteiger partial charge in [-0.15, -0.1) is 0 Å². The van der Waals surface area contributed by atoms with Crippen molar-refractivity contribution in [3.63, 3.8) is 0 Å². The first-order chi connectivity index (χ1) is 12.5. The summed E-state index contributed by atoms with van der Waals surface area (Å²) < 4.78 is 27.6. The summed E-state index contributed by atoms with van der Waals surface area (Å²) in [6.45, 7) is 5.06. The van der Waals surface area contributed by atoms with Crippen molar-refractivity contribution in [1.29, 1.82) is 0 Å².